The third-order valence-corrected chi connectivity index (χ3v) is 6.48. The number of methoxy groups -OCH3 is 1. The summed E-state index contributed by atoms with van der Waals surface area (Å²) in [4.78, 5) is 24.3. The van der Waals surface area contributed by atoms with Crippen LogP contribution in [-0.2, 0) is 16.2 Å². The minimum atomic E-state index is -0.941. The molecule has 0 saturated heterocycles. The number of nitrogens with zero attached hydrogens (tertiary/aromatic N) is 1. The summed E-state index contributed by atoms with van der Waals surface area (Å²) in [5.41, 5.74) is 4.48. The maximum absolute atomic E-state index is 12.2. The first-order valence-electron chi connectivity index (χ1n) is 10.0. The summed E-state index contributed by atoms with van der Waals surface area (Å²) in [6.07, 6.45) is 1.36. The molecule has 0 unspecified atom stereocenters. The van der Waals surface area contributed by atoms with Crippen molar-refractivity contribution in [3.05, 3.63) is 84.8 Å². The van der Waals surface area contributed by atoms with Gasteiger partial charge in [0.25, 0.3) is 0 Å². The van der Waals surface area contributed by atoms with Crippen LogP contribution < -0.4 is 20.2 Å². The quantitative estimate of drug-likeness (QED) is 0.187. The molecular weight excluding hydrogens is 581 g/mol. The summed E-state index contributed by atoms with van der Waals surface area (Å²) in [5.74, 6) is -0.984. The van der Waals surface area contributed by atoms with Crippen molar-refractivity contribution in [1.29, 1.82) is 0 Å². The number of hydrogen-bond acceptors (Lipinski definition) is 5. The molecule has 0 radical (unpaired) electrons. The zero-order valence-corrected chi connectivity index (χ0v) is 22.3. The number of carbonyl (C=O) groups excluding carboxylic acids is 2. The molecule has 3 rings (SSSR count). The van der Waals surface area contributed by atoms with Crippen LogP contribution in [0.15, 0.2) is 58.1 Å². The molecule has 0 aliphatic rings. The third-order valence-electron chi connectivity index (χ3n) is 4.78. The van der Waals surface area contributed by atoms with Gasteiger partial charge in [0.2, 0.25) is 0 Å². The average Bonchev–Trinajstić information content (AvgIpc) is 2.82. The molecule has 7 nitrogen and oxygen atoms in total. The second-order valence-electron chi connectivity index (χ2n) is 7.09. The van der Waals surface area contributed by atoms with Crippen molar-refractivity contribution in [2.24, 2.45) is 5.10 Å². The summed E-state index contributed by atoms with van der Waals surface area (Å²) in [5, 5.41) is 7.79. The average molecular weight is 600 g/mol. The maximum atomic E-state index is 12.2. The van der Waals surface area contributed by atoms with Crippen LogP contribution in [0.1, 0.15) is 16.7 Å². The molecule has 0 spiro atoms. The van der Waals surface area contributed by atoms with Crippen LogP contribution >= 0.6 is 50.7 Å². The first-order valence-corrected chi connectivity index (χ1v) is 12.0. The molecule has 182 valence electrons. The minimum absolute atomic E-state index is 0.123. The number of rotatable bonds is 7. The van der Waals surface area contributed by atoms with Gasteiger partial charge in [-0.2, -0.15) is 5.10 Å². The van der Waals surface area contributed by atoms with Gasteiger partial charge >= 0.3 is 11.8 Å². The van der Waals surface area contributed by atoms with Crippen molar-refractivity contribution in [3.8, 4) is 11.5 Å². The van der Waals surface area contributed by atoms with E-state index in [-0.39, 0.29) is 6.61 Å². The molecule has 3 aromatic rings. The molecule has 0 heterocycles. The first-order chi connectivity index (χ1) is 16.7. The zero-order chi connectivity index (χ0) is 25.5. The molecule has 0 saturated carbocycles. The van der Waals surface area contributed by atoms with Gasteiger partial charge in [0, 0.05) is 26.3 Å². The lowest BCUT2D eigenvalue weighted by atomic mass is 10.2. The van der Waals surface area contributed by atoms with Crippen molar-refractivity contribution in [2.45, 2.75) is 13.5 Å². The monoisotopic (exact) mass is 597 g/mol. The molecule has 0 aliphatic carbocycles. The highest BCUT2D eigenvalue weighted by molar-refractivity contribution is 9.10. The molecule has 11 heteroatoms. The number of hydrogen-bond donors (Lipinski definition) is 2. The van der Waals surface area contributed by atoms with Crippen molar-refractivity contribution in [3.63, 3.8) is 0 Å². The first kappa shape index (κ1) is 26.8. The van der Waals surface area contributed by atoms with Crippen LogP contribution in [-0.4, -0.2) is 25.1 Å². The number of halogens is 4. The Hall–Kier alpha value is -2.78. The maximum Gasteiger partial charge on any atom is 0.329 e. The molecular formula is C24H19BrCl3N3O4. The Labute approximate surface area is 225 Å². The van der Waals surface area contributed by atoms with Gasteiger partial charge in [-0.15, -0.1) is 0 Å². The molecule has 35 heavy (non-hydrogen) atoms. The normalized spacial score (nSPS) is 10.8. The summed E-state index contributed by atoms with van der Waals surface area (Å²) in [7, 11) is 1.49. The van der Waals surface area contributed by atoms with Crippen molar-refractivity contribution in [2.75, 3.05) is 12.4 Å². The number of anilines is 1. The van der Waals surface area contributed by atoms with Crippen molar-refractivity contribution >= 4 is 74.4 Å². The Morgan fingerprint density at radius 3 is 2.37 bits per heavy atom. The van der Waals surface area contributed by atoms with E-state index in [1.165, 1.54) is 13.3 Å². The Kier molecular flexibility index (Phi) is 9.40. The molecule has 2 amide bonds. The number of hydrazone groups is 1. The highest BCUT2D eigenvalue weighted by Gasteiger charge is 2.16. The van der Waals surface area contributed by atoms with Crippen LogP contribution in [0.4, 0.5) is 5.69 Å². The van der Waals surface area contributed by atoms with Gasteiger partial charge in [0.1, 0.15) is 6.61 Å². The van der Waals surface area contributed by atoms with Gasteiger partial charge in [-0.25, -0.2) is 5.43 Å². The molecule has 3 aromatic carbocycles. The largest absolute Gasteiger partial charge is 0.493 e. The molecule has 0 fully saturated rings. The Morgan fingerprint density at radius 2 is 1.69 bits per heavy atom. The summed E-state index contributed by atoms with van der Waals surface area (Å²) >= 11 is 21.9. The van der Waals surface area contributed by atoms with Gasteiger partial charge in [0.05, 0.1) is 17.8 Å². The second kappa shape index (κ2) is 12.3. The minimum Gasteiger partial charge on any atom is -0.493 e. The van der Waals surface area contributed by atoms with E-state index in [1.54, 1.807) is 55.5 Å². The van der Waals surface area contributed by atoms with E-state index in [1.807, 2.05) is 0 Å². The number of carbonyl (C=O) groups is 2. The standard InChI is InChI=1S/C24H19BrCl3N3O4/c1-13-17(26)5-4-8-20(13)30-23(32)24(33)31-29-11-14-9-16(25)22(21(10-14)34-2)35-12-15-18(27)6-3-7-19(15)28/h3-11H,12H2,1-2H3,(H,30,32)(H,31,33)/b29-11+. The number of amides is 2. The second-order valence-corrected chi connectivity index (χ2v) is 9.16. The lowest BCUT2D eigenvalue weighted by Crippen LogP contribution is -2.32. The van der Waals surface area contributed by atoms with E-state index in [2.05, 4.69) is 31.8 Å². The fourth-order valence-corrected chi connectivity index (χ4v) is 4.16. The van der Waals surface area contributed by atoms with E-state index < -0.39 is 11.8 Å². The Morgan fingerprint density at radius 1 is 1.03 bits per heavy atom. The SMILES string of the molecule is COc1cc(/C=N/NC(=O)C(=O)Nc2cccc(Cl)c2C)cc(Br)c1OCc1c(Cl)cccc1Cl. The van der Waals surface area contributed by atoms with E-state index >= 15 is 0 Å². The highest BCUT2D eigenvalue weighted by Crippen LogP contribution is 2.37. The van der Waals surface area contributed by atoms with Crippen LogP contribution in [0.2, 0.25) is 15.1 Å². The van der Waals surface area contributed by atoms with Gasteiger partial charge in [-0.3, -0.25) is 9.59 Å². The number of nitrogens with one attached hydrogen (secondary N) is 2. The third kappa shape index (κ3) is 6.89. The predicted octanol–water partition coefficient (Wildman–Crippen LogP) is 6.39. The van der Waals surface area contributed by atoms with Crippen molar-refractivity contribution < 1.29 is 19.1 Å². The molecule has 0 aromatic heterocycles. The van der Waals surface area contributed by atoms with Gasteiger partial charge < -0.3 is 14.8 Å². The summed E-state index contributed by atoms with van der Waals surface area (Å²) < 4.78 is 11.9. The molecule has 0 aliphatic heterocycles. The molecule has 2 N–H and O–H groups in total. The summed E-state index contributed by atoms with van der Waals surface area (Å²) in [6.45, 7) is 1.86. The summed E-state index contributed by atoms with van der Waals surface area (Å²) in [6, 6.07) is 13.6. The fourth-order valence-electron chi connectivity index (χ4n) is 2.91. The lowest BCUT2D eigenvalue weighted by Gasteiger charge is -2.14. The van der Waals surface area contributed by atoms with Crippen LogP contribution in [0, 0.1) is 6.92 Å². The Balaban J connectivity index is 1.66. The molecule has 0 bridgehead atoms. The van der Waals surface area contributed by atoms with Crippen LogP contribution in [0.5, 0.6) is 11.5 Å². The van der Waals surface area contributed by atoms with Crippen molar-refractivity contribution in [1.82, 2.24) is 5.43 Å². The predicted molar refractivity (Wildman–Crippen MR) is 142 cm³/mol. The van der Waals surface area contributed by atoms with E-state index in [0.29, 0.717) is 53.4 Å². The van der Waals surface area contributed by atoms with Crippen LogP contribution in [0.3, 0.4) is 0 Å². The lowest BCUT2D eigenvalue weighted by molar-refractivity contribution is -0.136. The smallest absolute Gasteiger partial charge is 0.329 e. The van der Waals surface area contributed by atoms with E-state index in [9.17, 15) is 9.59 Å². The zero-order valence-electron chi connectivity index (χ0n) is 18.5. The van der Waals surface area contributed by atoms with Gasteiger partial charge in [-0.05, 0) is 70.4 Å². The van der Waals surface area contributed by atoms with E-state index in [0.717, 1.165) is 0 Å². The number of benzene rings is 3. The molecule has 0 atom stereocenters. The van der Waals surface area contributed by atoms with Gasteiger partial charge in [-0.1, -0.05) is 46.9 Å². The fraction of sp³-hybridized carbons (Fsp3) is 0.125. The van der Waals surface area contributed by atoms with E-state index in [4.69, 9.17) is 44.3 Å². The topological polar surface area (TPSA) is 89.0 Å². The van der Waals surface area contributed by atoms with Gasteiger partial charge in [0.15, 0.2) is 11.5 Å². The Bertz CT molecular complexity index is 1280. The van der Waals surface area contributed by atoms with Crippen LogP contribution in [0.25, 0.3) is 0 Å². The highest BCUT2D eigenvalue weighted by atomic mass is 79.9. The number of ether oxygens (including phenoxy) is 2.